The zero-order valence-electron chi connectivity index (χ0n) is 12.3. The number of nitriles is 1. The molecule has 0 rings (SSSR count). The van der Waals surface area contributed by atoms with Crippen LogP contribution in [0.2, 0.25) is 0 Å². The molecule has 0 aromatic carbocycles. The molecule has 106 valence electrons. The van der Waals surface area contributed by atoms with Gasteiger partial charge in [-0.25, -0.2) is 0 Å². The average molecular weight is 257 g/mol. The van der Waals surface area contributed by atoms with Crippen molar-refractivity contribution in [3.05, 3.63) is 0 Å². The van der Waals surface area contributed by atoms with Gasteiger partial charge in [-0.05, 0) is 20.8 Å². The number of nitrogens with one attached hydrogen (secondary N) is 1. The highest BCUT2D eigenvalue weighted by Gasteiger charge is 2.19. The molecule has 0 spiro atoms. The van der Waals surface area contributed by atoms with Gasteiger partial charge in [-0.1, -0.05) is 0 Å². The Labute approximate surface area is 111 Å². The van der Waals surface area contributed by atoms with Crippen molar-refractivity contribution in [2.45, 2.75) is 38.9 Å². The Balaban J connectivity index is 4.40. The first-order chi connectivity index (χ1) is 8.54. The first-order valence-electron chi connectivity index (χ1n) is 6.42. The van der Waals surface area contributed by atoms with Gasteiger partial charge in [-0.15, -0.1) is 0 Å². The van der Waals surface area contributed by atoms with Crippen LogP contribution in [0.25, 0.3) is 0 Å². The topological polar surface area (TPSA) is 57.5 Å². The molecule has 5 heteroatoms. The molecule has 1 N–H and O–H groups in total. The van der Waals surface area contributed by atoms with Gasteiger partial charge < -0.3 is 9.47 Å². The third kappa shape index (κ3) is 7.62. The minimum Gasteiger partial charge on any atom is -0.383 e. The maximum Gasteiger partial charge on any atom is 0.108 e. The molecule has 5 nitrogen and oxygen atoms in total. The summed E-state index contributed by atoms with van der Waals surface area (Å²) in [6.07, 6.45) is 0. The Morgan fingerprint density at radius 3 is 2.33 bits per heavy atom. The molecule has 0 radical (unpaired) electrons. The van der Waals surface area contributed by atoms with Crippen molar-refractivity contribution >= 4 is 0 Å². The molecule has 0 aliphatic carbocycles. The van der Waals surface area contributed by atoms with E-state index in [9.17, 15) is 0 Å². The van der Waals surface area contributed by atoms with Gasteiger partial charge in [0.2, 0.25) is 0 Å². The Hall–Kier alpha value is -0.670. The second kappa shape index (κ2) is 10.3. The normalized spacial score (nSPS) is 14.8. The highest BCUT2D eigenvalue weighted by atomic mass is 16.5. The zero-order valence-corrected chi connectivity index (χ0v) is 12.3. The molecule has 2 unspecified atom stereocenters. The highest BCUT2D eigenvalue weighted by molar-refractivity contribution is 4.93. The van der Waals surface area contributed by atoms with E-state index in [1.807, 2.05) is 13.8 Å². The first kappa shape index (κ1) is 17.3. The second-order valence-corrected chi connectivity index (χ2v) is 4.80. The third-order valence-corrected chi connectivity index (χ3v) is 2.72. The predicted molar refractivity (Wildman–Crippen MR) is 72.5 cm³/mol. The van der Waals surface area contributed by atoms with Crippen LogP contribution in [0, 0.1) is 11.3 Å². The van der Waals surface area contributed by atoms with Crippen LogP contribution in [0.1, 0.15) is 20.8 Å². The first-order valence-corrected chi connectivity index (χ1v) is 6.42. The molecular weight excluding hydrogens is 230 g/mol. The molecule has 0 amide bonds. The van der Waals surface area contributed by atoms with Crippen molar-refractivity contribution < 1.29 is 9.47 Å². The third-order valence-electron chi connectivity index (χ3n) is 2.72. The molecule has 0 aromatic heterocycles. The van der Waals surface area contributed by atoms with E-state index in [0.29, 0.717) is 25.8 Å². The fraction of sp³-hybridized carbons (Fsp3) is 0.923. The summed E-state index contributed by atoms with van der Waals surface area (Å²) in [4.78, 5) is 2.22. The Kier molecular flexibility index (Phi) is 9.89. The average Bonchev–Trinajstić information content (AvgIpc) is 2.32. The summed E-state index contributed by atoms with van der Waals surface area (Å²) in [5.74, 6) is 0. The van der Waals surface area contributed by atoms with Gasteiger partial charge in [0.25, 0.3) is 0 Å². The number of rotatable bonds is 10. The molecule has 18 heavy (non-hydrogen) atoms. The summed E-state index contributed by atoms with van der Waals surface area (Å²) in [5, 5.41) is 12.4. The summed E-state index contributed by atoms with van der Waals surface area (Å²) in [5.41, 5.74) is 0. The lowest BCUT2D eigenvalue weighted by atomic mass is 10.2. The van der Waals surface area contributed by atoms with Crippen LogP contribution in [0.15, 0.2) is 0 Å². The molecular formula is C13H27N3O2. The van der Waals surface area contributed by atoms with Crippen LogP contribution in [-0.4, -0.2) is 63.5 Å². The van der Waals surface area contributed by atoms with E-state index in [-0.39, 0.29) is 12.1 Å². The minimum absolute atomic E-state index is 0.166. The van der Waals surface area contributed by atoms with Crippen molar-refractivity contribution in [3.8, 4) is 6.07 Å². The summed E-state index contributed by atoms with van der Waals surface area (Å²) < 4.78 is 10.3. The van der Waals surface area contributed by atoms with Gasteiger partial charge in [0.1, 0.15) is 6.04 Å². The fourth-order valence-electron chi connectivity index (χ4n) is 1.81. The van der Waals surface area contributed by atoms with E-state index in [4.69, 9.17) is 14.7 Å². The maximum atomic E-state index is 9.16. The largest absolute Gasteiger partial charge is 0.383 e. The van der Waals surface area contributed by atoms with E-state index in [1.54, 1.807) is 14.2 Å². The number of hydrogen-bond donors (Lipinski definition) is 1. The molecule has 0 heterocycles. The Morgan fingerprint density at radius 1 is 1.22 bits per heavy atom. The Morgan fingerprint density at radius 2 is 1.89 bits per heavy atom. The van der Waals surface area contributed by atoms with Gasteiger partial charge in [-0.3, -0.25) is 10.2 Å². The number of hydrogen-bond acceptors (Lipinski definition) is 5. The van der Waals surface area contributed by atoms with Gasteiger partial charge in [0.15, 0.2) is 0 Å². The van der Waals surface area contributed by atoms with E-state index in [0.717, 1.165) is 6.54 Å². The SMILES string of the molecule is COCCN(CC(C#N)NC(C)C)C(C)COC. The summed E-state index contributed by atoms with van der Waals surface area (Å²) in [6, 6.07) is 2.71. The van der Waals surface area contributed by atoms with Crippen LogP contribution in [0.5, 0.6) is 0 Å². The summed E-state index contributed by atoms with van der Waals surface area (Å²) in [7, 11) is 3.38. The lowest BCUT2D eigenvalue weighted by Crippen LogP contribution is -2.48. The maximum absolute atomic E-state index is 9.16. The quantitative estimate of drug-likeness (QED) is 0.629. The van der Waals surface area contributed by atoms with Crippen molar-refractivity contribution in [3.63, 3.8) is 0 Å². The van der Waals surface area contributed by atoms with E-state index >= 15 is 0 Å². The lowest BCUT2D eigenvalue weighted by molar-refractivity contribution is 0.0717. The molecule has 0 aliphatic heterocycles. The van der Waals surface area contributed by atoms with Crippen LogP contribution in [0.4, 0.5) is 0 Å². The standard InChI is InChI=1S/C13H27N3O2/c1-11(2)15-13(8-14)9-16(6-7-17-4)12(3)10-18-5/h11-13,15H,6-7,9-10H2,1-5H3. The van der Waals surface area contributed by atoms with Crippen molar-refractivity contribution in [2.75, 3.05) is 40.5 Å². The van der Waals surface area contributed by atoms with Gasteiger partial charge in [0.05, 0.1) is 19.3 Å². The summed E-state index contributed by atoms with van der Waals surface area (Å²) in [6.45, 7) is 8.99. The van der Waals surface area contributed by atoms with Crippen LogP contribution in [0.3, 0.4) is 0 Å². The number of nitrogens with zero attached hydrogens (tertiary/aromatic N) is 2. The van der Waals surface area contributed by atoms with E-state index in [2.05, 4.69) is 23.2 Å². The smallest absolute Gasteiger partial charge is 0.108 e. The van der Waals surface area contributed by atoms with Crippen molar-refractivity contribution in [2.24, 2.45) is 0 Å². The van der Waals surface area contributed by atoms with Gasteiger partial charge in [0, 0.05) is 39.4 Å². The van der Waals surface area contributed by atoms with Gasteiger partial charge >= 0.3 is 0 Å². The fourth-order valence-corrected chi connectivity index (χ4v) is 1.81. The molecule has 0 saturated carbocycles. The van der Waals surface area contributed by atoms with Crippen LogP contribution >= 0.6 is 0 Å². The zero-order chi connectivity index (χ0) is 14.0. The summed E-state index contributed by atoms with van der Waals surface area (Å²) >= 11 is 0. The molecule has 0 bridgehead atoms. The molecule has 0 aliphatic rings. The van der Waals surface area contributed by atoms with Gasteiger partial charge in [-0.2, -0.15) is 5.26 Å². The van der Waals surface area contributed by atoms with Crippen LogP contribution in [-0.2, 0) is 9.47 Å². The molecule has 0 fully saturated rings. The lowest BCUT2D eigenvalue weighted by Gasteiger charge is -2.30. The predicted octanol–water partition coefficient (Wildman–Crippen LogP) is 0.860. The molecule has 0 aromatic rings. The molecule has 0 saturated heterocycles. The number of methoxy groups -OCH3 is 2. The van der Waals surface area contributed by atoms with Crippen molar-refractivity contribution in [1.29, 1.82) is 5.26 Å². The van der Waals surface area contributed by atoms with E-state index in [1.165, 1.54) is 0 Å². The van der Waals surface area contributed by atoms with Crippen LogP contribution < -0.4 is 5.32 Å². The molecule has 2 atom stereocenters. The Bertz CT molecular complexity index is 241. The monoisotopic (exact) mass is 257 g/mol. The highest BCUT2D eigenvalue weighted by Crippen LogP contribution is 2.02. The second-order valence-electron chi connectivity index (χ2n) is 4.80. The van der Waals surface area contributed by atoms with Crippen molar-refractivity contribution in [1.82, 2.24) is 10.2 Å². The number of ether oxygens (including phenoxy) is 2. The van der Waals surface area contributed by atoms with E-state index < -0.39 is 0 Å². The minimum atomic E-state index is -0.166.